The summed E-state index contributed by atoms with van der Waals surface area (Å²) in [6.07, 6.45) is -2.70. The third-order valence-electron chi connectivity index (χ3n) is 2.93. The zero-order valence-electron chi connectivity index (χ0n) is 10.4. The maximum atomic E-state index is 11.2. The van der Waals surface area contributed by atoms with Gasteiger partial charge in [0, 0.05) is 0 Å². The number of carbonyl (C=O) groups excluding carboxylic acids is 1. The molecule has 0 saturated heterocycles. The van der Waals surface area contributed by atoms with Gasteiger partial charge in [-0.25, -0.2) is 0 Å². The van der Waals surface area contributed by atoms with Crippen LogP contribution < -0.4 is 0 Å². The molecule has 0 amide bonds. The Labute approximate surface area is 92.4 Å². The summed E-state index contributed by atoms with van der Waals surface area (Å²) in [6.45, 7) is 11.8. The van der Waals surface area contributed by atoms with Gasteiger partial charge in [-0.1, -0.05) is 20.8 Å². The molecule has 0 bridgehead atoms. The molecular weight excluding hydrogens is 212 g/mol. The van der Waals surface area contributed by atoms with E-state index < -0.39 is 26.5 Å². The Morgan fingerprint density at radius 1 is 1.27 bits per heavy atom. The molecule has 0 aromatic rings. The Kier molecular flexibility index (Phi) is 4.66. The van der Waals surface area contributed by atoms with Gasteiger partial charge in [0.2, 0.25) is 12.1 Å². The second-order valence-corrected chi connectivity index (χ2v) is 10.1. The largest absolute Gasteiger partial charge is 0.407 e. The van der Waals surface area contributed by atoms with E-state index in [9.17, 15) is 4.79 Å². The molecular formula is C10H22O4Si. The van der Waals surface area contributed by atoms with Gasteiger partial charge in [0.05, 0.1) is 0 Å². The summed E-state index contributed by atoms with van der Waals surface area (Å²) in [5.74, 6) is -0.681. The zero-order valence-corrected chi connectivity index (χ0v) is 11.4. The van der Waals surface area contributed by atoms with E-state index in [1.54, 1.807) is 6.92 Å². The van der Waals surface area contributed by atoms with Gasteiger partial charge in [0.1, 0.15) is 6.10 Å². The number of ketones is 1. The fourth-order valence-electron chi connectivity index (χ4n) is 0.887. The highest BCUT2D eigenvalue weighted by Crippen LogP contribution is 2.37. The molecule has 4 nitrogen and oxygen atoms in total. The first kappa shape index (κ1) is 14.8. The summed E-state index contributed by atoms with van der Waals surface area (Å²) in [5.41, 5.74) is 0. The molecule has 0 fully saturated rings. The lowest BCUT2D eigenvalue weighted by Gasteiger charge is -2.38. The van der Waals surface area contributed by atoms with Crippen molar-refractivity contribution in [3.05, 3.63) is 0 Å². The van der Waals surface area contributed by atoms with E-state index >= 15 is 0 Å². The number of carbonyl (C=O) groups is 1. The molecule has 0 aromatic carbocycles. The van der Waals surface area contributed by atoms with E-state index in [-0.39, 0.29) is 5.04 Å². The van der Waals surface area contributed by atoms with Crippen molar-refractivity contribution in [1.82, 2.24) is 0 Å². The van der Waals surface area contributed by atoms with E-state index in [2.05, 4.69) is 20.8 Å². The van der Waals surface area contributed by atoms with E-state index in [0.29, 0.717) is 0 Å². The molecule has 0 aliphatic rings. The SMILES string of the molecule is C[C@H](O[Si](C)(C)C(C)(C)C)C(=O)C(O)O. The Morgan fingerprint density at radius 2 is 1.67 bits per heavy atom. The highest BCUT2D eigenvalue weighted by Gasteiger charge is 2.40. The Balaban J connectivity index is 4.54. The summed E-state index contributed by atoms with van der Waals surface area (Å²) >= 11 is 0. The number of aliphatic hydroxyl groups excluding tert-OH is 1. The maximum absolute atomic E-state index is 11.2. The van der Waals surface area contributed by atoms with Crippen molar-refractivity contribution in [2.75, 3.05) is 0 Å². The van der Waals surface area contributed by atoms with Crippen molar-refractivity contribution in [1.29, 1.82) is 0 Å². The van der Waals surface area contributed by atoms with Crippen molar-refractivity contribution in [2.24, 2.45) is 0 Å². The lowest BCUT2D eigenvalue weighted by molar-refractivity contribution is -0.152. The minimum atomic E-state index is -2.02. The molecule has 0 aliphatic heterocycles. The highest BCUT2D eigenvalue weighted by atomic mass is 28.4. The molecule has 15 heavy (non-hydrogen) atoms. The van der Waals surface area contributed by atoms with Crippen LogP contribution in [0, 0.1) is 0 Å². The summed E-state index contributed by atoms with van der Waals surface area (Å²) in [7, 11) is -2.02. The minimum absolute atomic E-state index is 0.00193. The summed E-state index contributed by atoms with van der Waals surface area (Å²) in [4.78, 5) is 11.2. The molecule has 0 rings (SSSR count). The van der Waals surface area contributed by atoms with Crippen LogP contribution in [0.2, 0.25) is 18.1 Å². The Bertz CT molecular complexity index is 230. The third kappa shape index (κ3) is 4.02. The standard InChI is InChI=1S/C10H22O4Si/c1-7(8(11)9(12)13)14-15(5,6)10(2,3)4/h7,9,12-13H,1-6H3/t7-/m0/s1. The van der Waals surface area contributed by atoms with Crippen LogP contribution in [0.1, 0.15) is 27.7 Å². The average molecular weight is 234 g/mol. The van der Waals surface area contributed by atoms with Crippen LogP contribution in [0.5, 0.6) is 0 Å². The van der Waals surface area contributed by atoms with Crippen LogP contribution in [-0.4, -0.2) is 36.7 Å². The van der Waals surface area contributed by atoms with Crippen molar-refractivity contribution in [3.8, 4) is 0 Å². The van der Waals surface area contributed by atoms with Gasteiger partial charge in [-0.05, 0) is 25.1 Å². The molecule has 0 heterocycles. The fraction of sp³-hybridized carbons (Fsp3) is 0.900. The fourth-order valence-corrected chi connectivity index (χ4v) is 2.24. The number of aliphatic hydroxyl groups is 2. The molecule has 0 aliphatic carbocycles. The smallest absolute Gasteiger partial charge is 0.215 e. The second-order valence-electron chi connectivity index (χ2n) is 5.30. The minimum Gasteiger partial charge on any atom is -0.407 e. The van der Waals surface area contributed by atoms with E-state index in [4.69, 9.17) is 14.6 Å². The van der Waals surface area contributed by atoms with Crippen LogP contribution in [0.15, 0.2) is 0 Å². The molecule has 0 radical (unpaired) electrons. The second kappa shape index (κ2) is 4.74. The number of rotatable bonds is 4. The topological polar surface area (TPSA) is 66.8 Å². The first-order valence-electron chi connectivity index (χ1n) is 5.07. The van der Waals surface area contributed by atoms with E-state index in [1.807, 2.05) is 13.1 Å². The van der Waals surface area contributed by atoms with Gasteiger partial charge in [0.25, 0.3) is 0 Å². The Hall–Kier alpha value is -0.233. The number of hydrogen-bond donors (Lipinski definition) is 2. The van der Waals surface area contributed by atoms with Gasteiger partial charge in [0.15, 0.2) is 8.32 Å². The number of Topliss-reactive ketones (excluding diaryl/α,β-unsaturated/α-hetero) is 1. The molecule has 0 aromatic heterocycles. The first-order chi connectivity index (χ1) is 6.49. The maximum Gasteiger partial charge on any atom is 0.215 e. The zero-order chi connectivity index (χ0) is 12.4. The van der Waals surface area contributed by atoms with E-state index in [0.717, 1.165) is 0 Å². The van der Waals surface area contributed by atoms with Gasteiger partial charge in [-0.3, -0.25) is 4.79 Å². The number of hydrogen-bond acceptors (Lipinski definition) is 4. The molecule has 0 spiro atoms. The summed E-state index contributed by atoms with van der Waals surface area (Å²) in [6, 6.07) is 0. The predicted molar refractivity (Wildman–Crippen MR) is 61.0 cm³/mol. The van der Waals surface area contributed by atoms with Crippen LogP contribution in [-0.2, 0) is 9.22 Å². The molecule has 0 unspecified atom stereocenters. The lowest BCUT2D eigenvalue weighted by atomic mass is 10.2. The average Bonchev–Trinajstić information content (AvgIpc) is 1.99. The molecule has 1 atom stereocenters. The van der Waals surface area contributed by atoms with E-state index in [1.165, 1.54) is 0 Å². The van der Waals surface area contributed by atoms with Crippen molar-refractivity contribution < 1.29 is 19.4 Å². The molecule has 5 heteroatoms. The van der Waals surface area contributed by atoms with Crippen LogP contribution in [0.4, 0.5) is 0 Å². The molecule has 0 saturated carbocycles. The van der Waals surface area contributed by atoms with Crippen LogP contribution >= 0.6 is 0 Å². The predicted octanol–water partition coefficient (Wildman–Crippen LogP) is 1.28. The summed E-state index contributed by atoms with van der Waals surface area (Å²) in [5, 5.41) is 17.5. The van der Waals surface area contributed by atoms with Gasteiger partial charge in [-0.2, -0.15) is 0 Å². The van der Waals surface area contributed by atoms with Gasteiger partial charge < -0.3 is 14.6 Å². The normalized spacial score (nSPS) is 15.5. The third-order valence-corrected chi connectivity index (χ3v) is 7.49. The van der Waals surface area contributed by atoms with Crippen LogP contribution in [0.3, 0.4) is 0 Å². The quantitative estimate of drug-likeness (QED) is 0.568. The van der Waals surface area contributed by atoms with Gasteiger partial charge >= 0.3 is 0 Å². The first-order valence-corrected chi connectivity index (χ1v) is 7.97. The monoisotopic (exact) mass is 234 g/mol. The van der Waals surface area contributed by atoms with Gasteiger partial charge in [-0.15, -0.1) is 0 Å². The lowest BCUT2D eigenvalue weighted by Crippen LogP contribution is -2.46. The van der Waals surface area contributed by atoms with Crippen molar-refractivity contribution in [3.63, 3.8) is 0 Å². The van der Waals surface area contributed by atoms with Crippen molar-refractivity contribution in [2.45, 2.75) is 58.2 Å². The molecule has 2 N–H and O–H groups in total. The molecule has 90 valence electrons. The van der Waals surface area contributed by atoms with Crippen LogP contribution in [0.25, 0.3) is 0 Å². The summed E-state index contributed by atoms with van der Waals surface area (Å²) < 4.78 is 5.69. The van der Waals surface area contributed by atoms with Crippen molar-refractivity contribution >= 4 is 14.1 Å². The Morgan fingerprint density at radius 3 is 1.93 bits per heavy atom. The highest BCUT2D eigenvalue weighted by molar-refractivity contribution is 6.74.